The van der Waals surface area contributed by atoms with E-state index >= 15 is 0 Å². The van der Waals surface area contributed by atoms with E-state index in [1.54, 1.807) is 6.08 Å². The van der Waals surface area contributed by atoms with Gasteiger partial charge in [0.15, 0.2) is 6.61 Å². The number of halogens is 6. The Morgan fingerprint density at radius 3 is 1.94 bits per heavy atom. The Morgan fingerprint density at radius 1 is 0.806 bits per heavy atom. The van der Waals surface area contributed by atoms with Crippen LogP contribution in [0.5, 0.6) is 0 Å². The maximum Gasteiger partial charge on any atom is 0.425 e. The average Bonchev–Trinajstić information content (AvgIpc) is 2.69. The van der Waals surface area contributed by atoms with Crippen molar-refractivity contribution in [1.29, 1.82) is 0 Å². The van der Waals surface area contributed by atoms with Crippen LogP contribution in [0.15, 0.2) is 12.2 Å². The number of esters is 2. The SMILES string of the molecule is CCCCCCCCC/C=C/COC(=O)CCCC(=O)OCC(F)(F)C(F)C(F)(F)F. The van der Waals surface area contributed by atoms with Gasteiger partial charge in [0.05, 0.1) is 0 Å². The third kappa shape index (κ3) is 15.7. The van der Waals surface area contributed by atoms with E-state index in [9.17, 15) is 35.9 Å². The van der Waals surface area contributed by atoms with Crippen molar-refractivity contribution in [2.45, 2.75) is 95.8 Å². The summed E-state index contributed by atoms with van der Waals surface area (Å²) in [6.45, 7) is 0.215. The lowest BCUT2D eigenvalue weighted by Gasteiger charge is -2.22. The van der Waals surface area contributed by atoms with Crippen molar-refractivity contribution in [3.63, 3.8) is 0 Å². The fraction of sp³-hybridized carbons (Fsp3) is 0.810. The van der Waals surface area contributed by atoms with E-state index in [4.69, 9.17) is 4.74 Å². The van der Waals surface area contributed by atoms with Crippen LogP contribution in [-0.2, 0) is 19.1 Å². The molecule has 4 nitrogen and oxygen atoms in total. The van der Waals surface area contributed by atoms with Gasteiger partial charge in [-0.1, -0.05) is 57.6 Å². The molecule has 31 heavy (non-hydrogen) atoms. The van der Waals surface area contributed by atoms with Crippen molar-refractivity contribution in [3.8, 4) is 0 Å². The summed E-state index contributed by atoms with van der Waals surface area (Å²) in [5.41, 5.74) is 0. The van der Waals surface area contributed by atoms with E-state index in [1.807, 2.05) is 6.08 Å². The number of carbonyl (C=O) groups is 2. The minimum Gasteiger partial charge on any atom is -0.461 e. The van der Waals surface area contributed by atoms with E-state index in [0.717, 1.165) is 19.3 Å². The molecule has 0 bridgehead atoms. The first-order valence-electron chi connectivity index (χ1n) is 10.6. The lowest BCUT2D eigenvalue weighted by atomic mass is 10.1. The van der Waals surface area contributed by atoms with Gasteiger partial charge in [-0.25, -0.2) is 4.39 Å². The molecule has 0 saturated heterocycles. The predicted molar refractivity (Wildman–Crippen MR) is 103 cm³/mol. The van der Waals surface area contributed by atoms with Crippen LogP contribution in [-0.4, -0.2) is 43.4 Å². The lowest BCUT2D eigenvalue weighted by Crippen LogP contribution is -2.45. The summed E-state index contributed by atoms with van der Waals surface area (Å²) in [7, 11) is 0. The topological polar surface area (TPSA) is 52.6 Å². The van der Waals surface area contributed by atoms with Crippen LogP contribution in [0.25, 0.3) is 0 Å². The van der Waals surface area contributed by atoms with E-state index in [0.29, 0.717) is 0 Å². The smallest absolute Gasteiger partial charge is 0.425 e. The molecule has 0 heterocycles. The zero-order valence-electron chi connectivity index (χ0n) is 17.8. The summed E-state index contributed by atoms with van der Waals surface area (Å²) in [6, 6.07) is 0. The minimum absolute atomic E-state index is 0.0708. The molecule has 0 aromatic rings. The predicted octanol–water partition coefficient (Wildman–Crippen LogP) is 6.48. The zero-order chi connectivity index (χ0) is 23.8. The highest BCUT2D eigenvalue weighted by atomic mass is 19.4. The highest BCUT2D eigenvalue weighted by Gasteiger charge is 2.57. The summed E-state index contributed by atoms with van der Waals surface area (Å²) in [5.74, 6) is -6.75. The molecular weight excluding hydrogens is 430 g/mol. The molecule has 0 radical (unpaired) electrons. The molecule has 0 aromatic carbocycles. The summed E-state index contributed by atoms with van der Waals surface area (Å²) >= 11 is 0. The molecular formula is C21H32F6O4. The quantitative estimate of drug-likeness (QED) is 0.108. The first-order valence-corrected chi connectivity index (χ1v) is 10.6. The second kappa shape index (κ2) is 16.0. The van der Waals surface area contributed by atoms with Gasteiger partial charge in [0, 0.05) is 12.8 Å². The molecule has 0 fully saturated rings. The van der Waals surface area contributed by atoms with E-state index in [1.165, 1.54) is 32.1 Å². The first kappa shape index (κ1) is 29.3. The Balaban J connectivity index is 3.77. The van der Waals surface area contributed by atoms with E-state index in [2.05, 4.69) is 11.7 Å². The molecule has 0 spiro atoms. The van der Waals surface area contributed by atoms with Gasteiger partial charge in [0.25, 0.3) is 6.17 Å². The maximum atomic E-state index is 13.0. The van der Waals surface area contributed by atoms with Crippen molar-refractivity contribution in [1.82, 2.24) is 0 Å². The fourth-order valence-corrected chi connectivity index (χ4v) is 2.56. The van der Waals surface area contributed by atoms with Crippen LogP contribution >= 0.6 is 0 Å². The number of hydrogen-bond acceptors (Lipinski definition) is 4. The van der Waals surface area contributed by atoms with Crippen molar-refractivity contribution < 1.29 is 45.4 Å². The minimum atomic E-state index is -5.76. The van der Waals surface area contributed by atoms with Crippen LogP contribution in [0.3, 0.4) is 0 Å². The Labute approximate surface area is 179 Å². The lowest BCUT2D eigenvalue weighted by molar-refractivity contribution is -0.254. The van der Waals surface area contributed by atoms with Crippen LogP contribution in [0.4, 0.5) is 26.3 Å². The standard InChI is InChI=1S/C21H32F6O4/c1-2-3-4-5-6-7-8-9-10-11-15-30-17(28)13-12-14-18(29)31-16-20(23,24)19(22)21(25,26)27/h10-11,19H,2-9,12-16H2,1H3/b11-10+. The number of rotatable bonds is 17. The Bertz CT molecular complexity index is 534. The van der Waals surface area contributed by atoms with Gasteiger partial charge >= 0.3 is 24.0 Å². The number of ether oxygens (including phenoxy) is 2. The second-order valence-corrected chi connectivity index (χ2v) is 7.24. The molecule has 0 saturated carbocycles. The third-order valence-corrected chi connectivity index (χ3v) is 4.33. The molecule has 0 rings (SSSR count). The monoisotopic (exact) mass is 462 g/mol. The van der Waals surface area contributed by atoms with Gasteiger partial charge in [-0.15, -0.1) is 0 Å². The summed E-state index contributed by atoms with van der Waals surface area (Å²) in [5, 5.41) is 0. The molecule has 1 atom stereocenters. The number of unbranched alkanes of at least 4 members (excludes halogenated alkanes) is 7. The van der Waals surface area contributed by atoms with Crippen LogP contribution < -0.4 is 0 Å². The Morgan fingerprint density at radius 2 is 1.35 bits per heavy atom. The van der Waals surface area contributed by atoms with Crippen molar-refractivity contribution in [3.05, 3.63) is 12.2 Å². The average molecular weight is 462 g/mol. The van der Waals surface area contributed by atoms with Gasteiger partial charge < -0.3 is 9.47 Å². The zero-order valence-corrected chi connectivity index (χ0v) is 17.8. The number of carbonyl (C=O) groups excluding carboxylic acids is 2. The normalized spacial score (nSPS) is 13.4. The molecule has 0 aliphatic carbocycles. The highest BCUT2D eigenvalue weighted by molar-refractivity contribution is 5.72. The largest absolute Gasteiger partial charge is 0.461 e. The van der Waals surface area contributed by atoms with E-state index in [-0.39, 0.29) is 19.4 Å². The molecule has 0 N–H and O–H groups in total. The Hall–Kier alpha value is -1.74. The summed E-state index contributed by atoms with van der Waals surface area (Å²) < 4.78 is 83.5. The van der Waals surface area contributed by atoms with Crippen molar-refractivity contribution in [2.75, 3.05) is 13.2 Å². The van der Waals surface area contributed by atoms with Gasteiger partial charge in [0.1, 0.15) is 6.61 Å². The number of alkyl halides is 6. The van der Waals surface area contributed by atoms with Crippen LogP contribution in [0.1, 0.15) is 77.6 Å². The van der Waals surface area contributed by atoms with Gasteiger partial charge in [-0.05, 0) is 19.3 Å². The fourth-order valence-electron chi connectivity index (χ4n) is 2.56. The molecule has 182 valence electrons. The molecule has 0 aliphatic heterocycles. The Kier molecular flexibility index (Phi) is 15.1. The molecule has 10 heteroatoms. The maximum absolute atomic E-state index is 13.0. The van der Waals surface area contributed by atoms with Gasteiger partial charge in [0.2, 0.25) is 0 Å². The van der Waals surface area contributed by atoms with E-state index < -0.39 is 43.2 Å². The van der Waals surface area contributed by atoms with Crippen molar-refractivity contribution >= 4 is 11.9 Å². The molecule has 1 unspecified atom stereocenters. The number of allylic oxidation sites excluding steroid dienone is 1. The van der Waals surface area contributed by atoms with Crippen LogP contribution in [0.2, 0.25) is 0 Å². The van der Waals surface area contributed by atoms with Crippen LogP contribution in [0, 0.1) is 0 Å². The van der Waals surface area contributed by atoms with Crippen molar-refractivity contribution in [2.24, 2.45) is 0 Å². The highest BCUT2D eigenvalue weighted by Crippen LogP contribution is 2.35. The molecule has 0 aromatic heterocycles. The van der Waals surface area contributed by atoms with Gasteiger partial charge in [-0.2, -0.15) is 22.0 Å². The molecule has 0 aliphatic rings. The third-order valence-electron chi connectivity index (χ3n) is 4.33. The first-order chi connectivity index (χ1) is 14.5. The summed E-state index contributed by atoms with van der Waals surface area (Å²) in [6.07, 6.45) is 1.96. The van der Waals surface area contributed by atoms with Gasteiger partial charge in [-0.3, -0.25) is 9.59 Å². The summed E-state index contributed by atoms with van der Waals surface area (Å²) in [4.78, 5) is 22.8. The number of hydrogen-bond donors (Lipinski definition) is 0. The molecule has 0 amide bonds. The second-order valence-electron chi connectivity index (χ2n) is 7.24.